The van der Waals surface area contributed by atoms with E-state index in [0.717, 1.165) is 42.9 Å². The number of aromatic amines is 1. The molecule has 0 amide bonds. The summed E-state index contributed by atoms with van der Waals surface area (Å²) in [5.74, 6) is 1.55. The molecular weight excluding hydrogens is 318 g/mol. The lowest BCUT2D eigenvalue weighted by Crippen LogP contribution is -1.88. The van der Waals surface area contributed by atoms with Crippen molar-refractivity contribution in [2.45, 2.75) is 16.7 Å². The molecule has 0 atom stereocenters. The molecule has 0 aliphatic carbocycles. The first-order chi connectivity index (χ1) is 10.6. The van der Waals surface area contributed by atoms with E-state index in [-0.39, 0.29) is 0 Å². The summed E-state index contributed by atoms with van der Waals surface area (Å²) in [5.41, 5.74) is 2.20. The predicted octanol–water partition coefficient (Wildman–Crippen LogP) is 5.30. The Morgan fingerprint density at radius 1 is 1.00 bits per heavy atom. The molecule has 3 nitrogen and oxygen atoms in total. The second-order valence-electron chi connectivity index (χ2n) is 4.92. The van der Waals surface area contributed by atoms with Gasteiger partial charge in [0.2, 0.25) is 0 Å². The SMILES string of the molecule is COc1cc(OC)cc(Sc2c(C)[nH]c3ccc(Cl)cc23)c1. The van der Waals surface area contributed by atoms with Crippen molar-refractivity contribution >= 4 is 34.3 Å². The number of methoxy groups -OCH3 is 2. The van der Waals surface area contributed by atoms with Crippen LogP contribution in [0, 0.1) is 6.92 Å². The second kappa shape index (κ2) is 6.15. The molecule has 0 fully saturated rings. The van der Waals surface area contributed by atoms with Crippen LogP contribution in [0.4, 0.5) is 0 Å². The van der Waals surface area contributed by atoms with Crippen LogP contribution in [-0.4, -0.2) is 19.2 Å². The summed E-state index contributed by atoms with van der Waals surface area (Å²) in [6.07, 6.45) is 0. The maximum absolute atomic E-state index is 6.14. The summed E-state index contributed by atoms with van der Waals surface area (Å²) >= 11 is 7.80. The molecule has 0 saturated carbocycles. The summed E-state index contributed by atoms with van der Waals surface area (Å²) in [6, 6.07) is 11.7. The van der Waals surface area contributed by atoms with E-state index in [9.17, 15) is 0 Å². The lowest BCUT2D eigenvalue weighted by atomic mass is 10.2. The first-order valence-electron chi connectivity index (χ1n) is 6.79. The number of H-pyrrole nitrogens is 1. The van der Waals surface area contributed by atoms with Gasteiger partial charge in [0.05, 0.1) is 14.2 Å². The summed E-state index contributed by atoms with van der Waals surface area (Å²) in [4.78, 5) is 5.61. The number of rotatable bonds is 4. The lowest BCUT2D eigenvalue weighted by molar-refractivity contribution is 0.392. The zero-order chi connectivity index (χ0) is 15.7. The molecule has 1 N–H and O–H groups in total. The fourth-order valence-electron chi connectivity index (χ4n) is 2.36. The molecule has 0 spiro atoms. The summed E-state index contributed by atoms with van der Waals surface area (Å²) in [5, 5.41) is 1.85. The number of halogens is 1. The zero-order valence-corrected chi connectivity index (χ0v) is 14.1. The Labute approximate surface area is 138 Å². The topological polar surface area (TPSA) is 34.2 Å². The first kappa shape index (κ1) is 15.1. The van der Waals surface area contributed by atoms with Crippen LogP contribution < -0.4 is 9.47 Å². The van der Waals surface area contributed by atoms with Gasteiger partial charge in [0, 0.05) is 37.5 Å². The standard InChI is InChI=1S/C17H16ClNO2S/c1-10-17(15-6-11(18)4-5-16(15)19-10)22-14-8-12(20-2)7-13(9-14)21-3/h4-9,19H,1-3H3. The number of aromatic nitrogens is 1. The summed E-state index contributed by atoms with van der Waals surface area (Å²) in [6.45, 7) is 2.06. The number of fused-ring (bicyclic) bond motifs is 1. The number of hydrogen-bond donors (Lipinski definition) is 1. The third kappa shape index (κ3) is 2.89. The maximum atomic E-state index is 6.14. The first-order valence-corrected chi connectivity index (χ1v) is 7.99. The molecule has 2 aromatic carbocycles. The number of hydrogen-bond acceptors (Lipinski definition) is 3. The van der Waals surface area contributed by atoms with Gasteiger partial charge >= 0.3 is 0 Å². The average molecular weight is 334 g/mol. The normalized spacial score (nSPS) is 10.9. The lowest BCUT2D eigenvalue weighted by Gasteiger charge is -2.08. The smallest absolute Gasteiger partial charge is 0.123 e. The Morgan fingerprint density at radius 2 is 1.68 bits per heavy atom. The minimum atomic E-state index is 0.733. The van der Waals surface area contributed by atoms with E-state index in [1.807, 2.05) is 36.4 Å². The molecule has 114 valence electrons. The average Bonchev–Trinajstić information content (AvgIpc) is 2.82. The summed E-state index contributed by atoms with van der Waals surface area (Å²) in [7, 11) is 3.31. The Hall–Kier alpha value is -1.78. The highest BCUT2D eigenvalue weighted by Gasteiger charge is 2.12. The van der Waals surface area contributed by atoms with Crippen LogP contribution in [0.1, 0.15) is 5.69 Å². The van der Waals surface area contributed by atoms with Gasteiger partial charge in [-0.3, -0.25) is 0 Å². The third-order valence-corrected chi connectivity index (χ3v) is 4.87. The Balaban J connectivity index is 2.06. The van der Waals surface area contributed by atoms with Crippen LogP contribution in [0.3, 0.4) is 0 Å². The van der Waals surface area contributed by atoms with E-state index in [4.69, 9.17) is 21.1 Å². The molecule has 0 unspecified atom stereocenters. The van der Waals surface area contributed by atoms with E-state index in [1.165, 1.54) is 0 Å². The van der Waals surface area contributed by atoms with Crippen LogP contribution in [-0.2, 0) is 0 Å². The van der Waals surface area contributed by atoms with Crippen LogP contribution in [0.25, 0.3) is 10.9 Å². The van der Waals surface area contributed by atoms with Gasteiger partial charge in [0.15, 0.2) is 0 Å². The van der Waals surface area contributed by atoms with Gasteiger partial charge in [0.25, 0.3) is 0 Å². The largest absolute Gasteiger partial charge is 0.497 e. The number of ether oxygens (including phenoxy) is 2. The third-order valence-electron chi connectivity index (χ3n) is 3.43. The van der Waals surface area contributed by atoms with E-state index in [0.29, 0.717) is 0 Å². The molecule has 0 radical (unpaired) electrons. The minimum absolute atomic E-state index is 0.733. The van der Waals surface area contributed by atoms with Gasteiger partial charge < -0.3 is 14.5 Å². The van der Waals surface area contributed by atoms with Gasteiger partial charge in [-0.1, -0.05) is 23.4 Å². The predicted molar refractivity (Wildman–Crippen MR) is 91.7 cm³/mol. The Morgan fingerprint density at radius 3 is 2.32 bits per heavy atom. The van der Waals surface area contributed by atoms with E-state index in [2.05, 4.69) is 11.9 Å². The molecule has 1 heterocycles. The van der Waals surface area contributed by atoms with Crippen molar-refractivity contribution in [2.75, 3.05) is 14.2 Å². The van der Waals surface area contributed by atoms with E-state index < -0.39 is 0 Å². The van der Waals surface area contributed by atoms with Crippen LogP contribution in [0.15, 0.2) is 46.2 Å². The van der Waals surface area contributed by atoms with Crippen LogP contribution >= 0.6 is 23.4 Å². The quantitative estimate of drug-likeness (QED) is 0.703. The molecule has 0 bridgehead atoms. The van der Waals surface area contributed by atoms with Crippen molar-refractivity contribution in [2.24, 2.45) is 0 Å². The van der Waals surface area contributed by atoms with Crippen LogP contribution in [0.2, 0.25) is 5.02 Å². The van der Waals surface area contributed by atoms with Gasteiger partial charge in [0.1, 0.15) is 11.5 Å². The van der Waals surface area contributed by atoms with Gasteiger partial charge in [-0.15, -0.1) is 0 Å². The molecule has 0 aliphatic heterocycles. The fraction of sp³-hybridized carbons (Fsp3) is 0.176. The van der Waals surface area contributed by atoms with Crippen molar-refractivity contribution in [3.05, 3.63) is 47.1 Å². The highest BCUT2D eigenvalue weighted by Crippen LogP contribution is 2.39. The number of nitrogens with one attached hydrogen (secondary N) is 1. The van der Waals surface area contributed by atoms with Gasteiger partial charge in [-0.2, -0.15) is 0 Å². The monoisotopic (exact) mass is 333 g/mol. The van der Waals surface area contributed by atoms with Crippen molar-refractivity contribution in [1.82, 2.24) is 4.98 Å². The highest BCUT2D eigenvalue weighted by atomic mass is 35.5. The van der Waals surface area contributed by atoms with E-state index >= 15 is 0 Å². The Bertz CT molecular complexity index is 807. The van der Waals surface area contributed by atoms with Crippen LogP contribution in [0.5, 0.6) is 11.5 Å². The molecule has 0 saturated heterocycles. The zero-order valence-electron chi connectivity index (χ0n) is 12.6. The van der Waals surface area contributed by atoms with Gasteiger partial charge in [-0.25, -0.2) is 0 Å². The molecule has 22 heavy (non-hydrogen) atoms. The minimum Gasteiger partial charge on any atom is -0.497 e. The van der Waals surface area contributed by atoms with Crippen molar-refractivity contribution < 1.29 is 9.47 Å². The second-order valence-corrected chi connectivity index (χ2v) is 6.44. The number of aryl methyl sites for hydroxylation is 1. The molecule has 1 aromatic heterocycles. The molecular formula is C17H16ClNO2S. The fourth-order valence-corrected chi connectivity index (χ4v) is 3.60. The molecule has 3 rings (SSSR count). The van der Waals surface area contributed by atoms with Gasteiger partial charge in [-0.05, 0) is 37.3 Å². The van der Waals surface area contributed by atoms with Crippen molar-refractivity contribution in [3.8, 4) is 11.5 Å². The maximum Gasteiger partial charge on any atom is 0.123 e. The van der Waals surface area contributed by atoms with E-state index in [1.54, 1.807) is 26.0 Å². The molecule has 3 aromatic rings. The molecule has 0 aliphatic rings. The van der Waals surface area contributed by atoms with Crippen molar-refractivity contribution in [3.63, 3.8) is 0 Å². The molecule has 5 heteroatoms. The summed E-state index contributed by atoms with van der Waals surface area (Å²) < 4.78 is 10.7. The highest BCUT2D eigenvalue weighted by molar-refractivity contribution is 7.99. The Kier molecular flexibility index (Phi) is 4.23. The van der Waals surface area contributed by atoms with Crippen molar-refractivity contribution in [1.29, 1.82) is 0 Å². The number of benzene rings is 2.